The van der Waals surface area contributed by atoms with Crippen molar-refractivity contribution in [2.45, 2.75) is 13.0 Å². The van der Waals surface area contributed by atoms with Crippen LogP contribution in [-0.2, 0) is 13.0 Å². The number of fused-ring (bicyclic) bond motifs is 1. The first-order valence-corrected chi connectivity index (χ1v) is 9.72. The highest BCUT2D eigenvalue weighted by atomic mass is 15.1. The smallest absolute Gasteiger partial charge is 0.164 e. The number of aromatic nitrogens is 4. The Morgan fingerprint density at radius 1 is 0.655 bits per heavy atom. The fourth-order valence-corrected chi connectivity index (χ4v) is 3.63. The molecule has 29 heavy (non-hydrogen) atoms. The Bertz CT molecular complexity index is 1230. The van der Waals surface area contributed by atoms with Crippen LogP contribution in [-0.4, -0.2) is 19.5 Å². The number of hydrogen-bond donors (Lipinski definition) is 0. The van der Waals surface area contributed by atoms with E-state index >= 15 is 0 Å². The van der Waals surface area contributed by atoms with Crippen molar-refractivity contribution in [2.24, 2.45) is 0 Å². The Hall–Kier alpha value is -3.79. The molecule has 5 aromatic rings. The minimum absolute atomic E-state index is 0.712. The summed E-state index contributed by atoms with van der Waals surface area (Å²) in [6.07, 6.45) is 2.38. The Kier molecular flexibility index (Phi) is 4.59. The molecule has 0 aliphatic heterocycles. The van der Waals surface area contributed by atoms with Gasteiger partial charge in [-0.3, -0.25) is 0 Å². The number of hydrogen-bond acceptors (Lipinski definition) is 3. The van der Waals surface area contributed by atoms with Crippen LogP contribution >= 0.6 is 0 Å². The fraction of sp³-hybridized carbons (Fsp3) is 0.0800. The summed E-state index contributed by atoms with van der Waals surface area (Å²) < 4.78 is 2.19. The Morgan fingerprint density at radius 3 is 1.97 bits per heavy atom. The van der Waals surface area contributed by atoms with Gasteiger partial charge in [0.1, 0.15) is 17.7 Å². The van der Waals surface area contributed by atoms with Gasteiger partial charge in [0, 0.05) is 12.0 Å². The van der Waals surface area contributed by atoms with Crippen molar-refractivity contribution in [1.29, 1.82) is 0 Å². The standard InChI is InChI=1S/C25H20N4/c1-4-10-19(11-5-1)16-22-23-25(27-18-26-22)29(17-20-12-6-2-7-13-20)24(28-23)21-14-8-3-9-15-21/h1-15,18H,16-17H2. The van der Waals surface area contributed by atoms with Gasteiger partial charge >= 0.3 is 0 Å². The Balaban J connectivity index is 1.67. The summed E-state index contributed by atoms with van der Waals surface area (Å²) in [5, 5.41) is 0. The molecule has 0 spiro atoms. The Morgan fingerprint density at radius 2 is 1.28 bits per heavy atom. The number of nitrogens with zero attached hydrogens (tertiary/aromatic N) is 4. The molecule has 0 fully saturated rings. The quantitative estimate of drug-likeness (QED) is 0.427. The Labute approximate surface area is 169 Å². The second-order valence-corrected chi connectivity index (χ2v) is 7.03. The van der Waals surface area contributed by atoms with Crippen LogP contribution in [0.4, 0.5) is 0 Å². The zero-order chi connectivity index (χ0) is 19.5. The van der Waals surface area contributed by atoms with Crippen LogP contribution in [0.25, 0.3) is 22.6 Å². The highest BCUT2D eigenvalue weighted by Crippen LogP contribution is 2.26. The molecule has 4 nitrogen and oxygen atoms in total. The van der Waals surface area contributed by atoms with Crippen molar-refractivity contribution in [3.05, 3.63) is 114 Å². The number of benzene rings is 3. The van der Waals surface area contributed by atoms with Gasteiger partial charge in [0.2, 0.25) is 0 Å². The van der Waals surface area contributed by atoms with Crippen molar-refractivity contribution < 1.29 is 0 Å². The molecule has 5 rings (SSSR count). The van der Waals surface area contributed by atoms with E-state index in [1.807, 2.05) is 30.3 Å². The van der Waals surface area contributed by atoms with Crippen LogP contribution in [0.3, 0.4) is 0 Å². The van der Waals surface area contributed by atoms with Crippen LogP contribution in [0.2, 0.25) is 0 Å². The minimum atomic E-state index is 0.712. The minimum Gasteiger partial charge on any atom is -0.304 e. The van der Waals surface area contributed by atoms with E-state index in [0.29, 0.717) is 6.54 Å². The molecule has 0 saturated carbocycles. The molecule has 2 aromatic heterocycles. The van der Waals surface area contributed by atoms with E-state index in [4.69, 9.17) is 4.98 Å². The van der Waals surface area contributed by atoms with Crippen molar-refractivity contribution in [3.63, 3.8) is 0 Å². The van der Waals surface area contributed by atoms with E-state index in [-0.39, 0.29) is 0 Å². The lowest BCUT2D eigenvalue weighted by atomic mass is 10.1. The van der Waals surface area contributed by atoms with E-state index in [2.05, 4.69) is 75.2 Å². The van der Waals surface area contributed by atoms with Crippen LogP contribution in [0, 0.1) is 0 Å². The SMILES string of the molecule is c1ccc(Cc2ncnc3c2nc(-c2ccccc2)n3Cc2ccccc2)cc1. The molecule has 2 heterocycles. The monoisotopic (exact) mass is 376 g/mol. The molecule has 3 aromatic carbocycles. The van der Waals surface area contributed by atoms with Crippen molar-refractivity contribution in [1.82, 2.24) is 19.5 Å². The third kappa shape index (κ3) is 3.52. The summed E-state index contributed by atoms with van der Waals surface area (Å²) in [5.41, 5.74) is 6.19. The summed E-state index contributed by atoms with van der Waals surface area (Å²) in [7, 11) is 0. The lowest BCUT2D eigenvalue weighted by Crippen LogP contribution is -2.03. The predicted octanol–water partition coefficient (Wildman–Crippen LogP) is 5.13. The summed E-state index contributed by atoms with van der Waals surface area (Å²) in [4.78, 5) is 14.2. The third-order valence-electron chi connectivity index (χ3n) is 5.04. The summed E-state index contributed by atoms with van der Waals surface area (Å²) >= 11 is 0. The fourth-order valence-electron chi connectivity index (χ4n) is 3.63. The van der Waals surface area contributed by atoms with E-state index < -0.39 is 0 Å². The molecular weight excluding hydrogens is 356 g/mol. The van der Waals surface area contributed by atoms with E-state index in [1.54, 1.807) is 6.33 Å². The van der Waals surface area contributed by atoms with Crippen molar-refractivity contribution >= 4 is 11.2 Å². The molecule has 0 radical (unpaired) electrons. The van der Waals surface area contributed by atoms with Gasteiger partial charge in [0.25, 0.3) is 0 Å². The molecule has 0 amide bonds. The molecule has 0 aliphatic rings. The molecule has 0 aliphatic carbocycles. The molecule has 0 atom stereocenters. The highest BCUT2D eigenvalue weighted by molar-refractivity contribution is 5.79. The molecule has 0 unspecified atom stereocenters. The number of rotatable bonds is 5. The van der Waals surface area contributed by atoms with Crippen LogP contribution in [0.5, 0.6) is 0 Å². The lowest BCUT2D eigenvalue weighted by molar-refractivity contribution is 0.822. The lowest BCUT2D eigenvalue weighted by Gasteiger charge is -2.09. The zero-order valence-electron chi connectivity index (χ0n) is 15.9. The normalized spacial score (nSPS) is 11.0. The van der Waals surface area contributed by atoms with Gasteiger partial charge in [-0.15, -0.1) is 0 Å². The van der Waals surface area contributed by atoms with Crippen molar-refractivity contribution in [2.75, 3.05) is 0 Å². The average Bonchev–Trinajstić information content (AvgIpc) is 3.15. The molecule has 0 bridgehead atoms. The molecular formula is C25H20N4. The molecule has 140 valence electrons. The van der Waals surface area contributed by atoms with Gasteiger partial charge in [-0.05, 0) is 11.1 Å². The zero-order valence-corrected chi connectivity index (χ0v) is 15.9. The first-order valence-electron chi connectivity index (χ1n) is 9.72. The van der Waals surface area contributed by atoms with Crippen molar-refractivity contribution in [3.8, 4) is 11.4 Å². The van der Waals surface area contributed by atoms with Gasteiger partial charge < -0.3 is 4.57 Å². The van der Waals surface area contributed by atoms with Gasteiger partial charge in [-0.25, -0.2) is 15.0 Å². The maximum Gasteiger partial charge on any atom is 0.164 e. The average molecular weight is 376 g/mol. The number of imidazole rings is 1. The van der Waals surface area contributed by atoms with Gasteiger partial charge in [-0.1, -0.05) is 91.0 Å². The van der Waals surface area contributed by atoms with Crippen LogP contribution in [0.1, 0.15) is 16.8 Å². The van der Waals surface area contributed by atoms with Crippen LogP contribution < -0.4 is 0 Å². The second kappa shape index (κ2) is 7.68. The topological polar surface area (TPSA) is 43.6 Å². The van der Waals surface area contributed by atoms with E-state index in [0.717, 1.165) is 34.7 Å². The first kappa shape index (κ1) is 17.3. The molecule has 0 saturated heterocycles. The van der Waals surface area contributed by atoms with Crippen LogP contribution in [0.15, 0.2) is 97.3 Å². The maximum absolute atomic E-state index is 5.01. The summed E-state index contributed by atoms with van der Waals surface area (Å²) in [5.74, 6) is 0.916. The van der Waals surface area contributed by atoms with E-state index in [1.165, 1.54) is 11.1 Å². The predicted molar refractivity (Wildman–Crippen MR) is 116 cm³/mol. The van der Waals surface area contributed by atoms with E-state index in [9.17, 15) is 0 Å². The highest BCUT2D eigenvalue weighted by Gasteiger charge is 2.17. The summed E-state index contributed by atoms with van der Waals surface area (Å²) in [6.45, 7) is 0.712. The third-order valence-corrected chi connectivity index (χ3v) is 5.04. The van der Waals surface area contributed by atoms with Gasteiger partial charge in [0.15, 0.2) is 5.65 Å². The maximum atomic E-state index is 5.01. The first-order chi connectivity index (χ1) is 14.4. The second-order valence-electron chi connectivity index (χ2n) is 7.03. The summed E-state index contributed by atoms with van der Waals surface area (Å²) in [6, 6.07) is 31.1. The molecule has 4 heteroatoms. The largest absolute Gasteiger partial charge is 0.304 e. The molecule has 0 N–H and O–H groups in total. The van der Waals surface area contributed by atoms with Gasteiger partial charge in [-0.2, -0.15) is 0 Å². The van der Waals surface area contributed by atoms with Gasteiger partial charge in [0.05, 0.1) is 12.2 Å².